The molecule has 1 aromatic heterocycles. The van der Waals surface area contributed by atoms with E-state index in [-0.39, 0.29) is 22.9 Å². The third-order valence-electron chi connectivity index (χ3n) is 3.70. The Bertz CT molecular complexity index is 786. The van der Waals surface area contributed by atoms with Crippen molar-refractivity contribution in [2.75, 3.05) is 0 Å². The van der Waals surface area contributed by atoms with Gasteiger partial charge in [-0.3, -0.25) is 9.59 Å². The maximum atomic E-state index is 12.6. The third-order valence-corrected chi connectivity index (χ3v) is 4.46. The van der Waals surface area contributed by atoms with Crippen molar-refractivity contribution in [1.82, 2.24) is 10.3 Å². The fraction of sp³-hybridized carbons (Fsp3) is 0.412. The first-order valence-electron chi connectivity index (χ1n) is 7.61. The van der Waals surface area contributed by atoms with Gasteiger partial charge < -0.3 is 10.3 Å². The van der Waals surface area contributed by atoms with E-state index in [1.807, 2.05) is 6.92 Å². The van der Waals surface area contributed by atoms with E-state index in [4.69, 9.17) is 11.6 Å². The van der Waals surface area contributed by atoms with E-state index in [1.165, 1.54) is 6.20 Å². The topological polar surface area (TPSA) is 62.0 Å². The molecule has 1 heterocycles. The number of nitrogens with one attached hydrogen (secondary N) is 2. The molecule has 0 aliphatic carbocycles. The average Bonchev–Trinajstić information content (AvgIpc) is 2.46. The van der Waals surface area contributed by atoms with Crippen LogP contribution in [-0.2, 0) is 0 Å². The molecule has 0 spiro atoms. The van der Waals surface area contributed by atoms with Crippen LogP contribution in [0, 0.1) is 5.92 Å². The van der Waals surface area contributed by atoms with Gasteiger partial charge in [0, 0.05) is 22.1 Å². The van der Waals surface area contributed by atoms with Crippen molar-refractivity contribution < 1.29 is 4.79 Å². The van der Waals surface area contributed by atoms with Crippen LogP contribution in [0.5, 0.6) is 0 Å². The molecule has 23 heavy (non-hydrogen) atoms. The molecule has 4 nitrogen and oxygen atoms in total. The average molecular weight is 400 g/mol. The Labute approximate surface area is 148 Å². The van der Waals surface area contributed by atoms with Crippen LogP contribution in [0.4, 0.5) is 0 Å². The molecule has 2 N–H and O–H groups in total. The summed E-state index contributed by atoms with van der Waals surface area (Å²) in [5, 5.41) is 3.71. The number of hydrogen-bond acceptors (Lipinski definition) is 2. The molecule has 6 heteroatoms. The zero-order chi connectivity index (χ0) is 17.1. The van der Waals surface area contributed by atoms with Crippen molar-refractivity contribution in [3.8, 4) is 0 Å². The second kappa shape index (κ2) is 7.49. The number of halogens is 2. The highest BCUT2D eigenvalue weighted by molar-refractivity contribution is 9.10. The maximum absolute atomic E-state index is 12.6. The molecular formula is C17H20BrClN2O2. The van der Waals surface area contributed by atoms with E-state index >= 15 is 0 Å². The summed E-state index contributed by atoms with van der Waals surface area (Å²) in [6.45, 7) is 6.23. The Morgan fingerprint density at radius 3 is 2.65 bits per heavy atom. The van der Waals surface area contributed by atoms with Crippen LogP contribution in [-0.4, -0.2) is 16.9 Å². The van der Waals surface area contributed by atoms with Crippen molar-refractivity contribution in [2.45, 2.75) is 39.7 Å². The Morgan fingerprint density at radius 2 is 2.00 bits per heavy atom. The number of H-pyrrole nitrogens is 1. The minimum Gasteiger partial charge on any atom is -0.359 e. The van der Waals surface area contributed by atoms with Gasteiger partial charge in [0.1, 0.15) is 5.56 Å². The molecule has 0 fully saturated rings. The lowest BCUT2D eigenvalue weighted by atomic mass is 10.0. The predicted octanol–water partition coefficient (Wildman–Crippen LogP) is 4.50. The first-order chi connectivity index (χ1) is 10.8. The van der Waals surface area contributed by atoms with Gasteiger partial charge in [0.05, 0.1) is 10.5 Å². The number of carbonyl (C=O) groups excluding carboxylic acids is 1. The molecule has 2 rings (SSSR count). The molecule has 0 aliphatic heterocycles. The fourth-order valence-corrected chi connectivity index (χ4v) is 3.24. The van der Waals surface area contributed by atoms with Gasteiger partial charge in [0.2, 0.25) is 5.43 Å². The number of fused-ring (bicyclic) bond motifs is 1. The molecule has 2 aromatic rings. The van der Waals surface area contributed by atoms with Crippen molar-refractivity contribution in [1.29, 1.82) is 0 Å². The Balaban J connectivity index is 2.28. The van der Waals surface area contributed by atoms with Crippen LogP contribution in [0.25, 0.3) is 10.9 Å². The Morgan fingerprint density at radius 1 is 1.30 bits per heavy atom. The second-order valence-corrected chi connectivity index (χ2v) is 7.51. The van der Waals surface area contributed by atoms with Crippen molar-refractivity contribution in [3.63, 3.8) is 0 Å². The molecule has 0 unspecified atom stereocenters. The summed E-state index contributed by atoms with van der Waals surface area (Å²) < 4.78 is 0.698. The summed E-state index contributed by atoms with van der Waals surface area (Å²) in [5.74, 6) is 0.221. The van der Waals surface area contributed by atoms with Gasteiger partial charge in [-0.15, -0.1) is 0 Å². The number of hydrogen-bond donors (Lipinski definition) is 2. The van der Waals surface area contributed by atoms with Gasteiger partial charge in [-0.1, -0.05) is 41.4 Å². The van der Waals surface area contributed by atoms with E-state index in [1.54, 1.807) is 12.1 Å². The highest BCUT2D eigenvalue weighted by Gasteiger charge is 2.16. The quantitative estimate of drug-likeness (QED) is 0.777. The molecule has 0 bridgehead atoms. The molecule has 1 aromatic carbocycles. The second-order valence-electron chi connectivity index (χ2n) is 6.19. The lowest BCUT2D eigenvalue weighted by Gasteiger charge is -2.15. The maximum Gasteiger partial charge on any atom is 0.256 e. The standard InChI is InChI=1S/C17H20BrClN2O2/c1-9(2)4-5-10(3)21-17(23)13-8-20-15-12(16(13)22)6-11(18)7-14(15)19/h6-10H,4-5H2,1-3H3,(H,20,22)(H,21,23)/t10-/m0/s1. The van der Waals surface area contributed by atoms with Crippen molar-refractivity contribution in [2.24, 2.45) is 5.92 Å². The molecule has 1 amide bonds. The van der Waals surface area contributed by atoms with Gasteiger partial charge in [-0.2, -0.15) is 0 Å². The third kappa shape index (κ3) is 4.36. The van der Waals surface area contributed by atoms with Gasteiger partial charge in [-0.25, -0.2) is 0 Å². The monoisotopic (exact) mass is 398 g/mol. The number of benzene rings is 1. The zero-order valence-electron chi connectivity index (χ0n) is 13.4. The molecule has 0 aliphatic rings. The number of rotatable bonds is 5. The highest BCUT2D eigenvalue weighted by Crippen LogP contribution is 2.24. The molecule has 0 saturated heterocycles. The Hall–Kier alpha value is -1.33. The number of amides is 1. The van der Waals surface area contributed by atoms with Gasteiger partial charge in [0.15, 0.2) is 0 Å². The minimum atomic E-state index is -0.361. The summed E-state index contributed by atoms with van der Waals surface area (Å²) in [7, 11) is 0. The lowest BCUT2D eigenvalue weighted by Crippen LogP contribution is -2.35. The van der Waals surface area contributed by atoms with Crippen LogP contribution in [0.1, 0.15) is 44.0 Å². The van der Waals surface area contributed by atoms with Gasteiger partial charge in [-0.05, 0) is 37.8 Å². The number of aromatic nitrogens is 1. The van der Waals surface area contributed by atoms with Crippen LogP contribution in [0.3, 0.4) is 0 Å². The molecule has 124 valence electrons. The van der Waals surface area contributed by atoms with Crippen molar-refractivity contribution >= 4 is 44.3 Å². The minimum absolute atomic E-state index is 0.0195. The molecule has 0 radical (unpaired) electrons. The summed E-state index contributed by atoms with van der Waals surface area (Å²) >= 11 is 9.44. The molecule has 0 saturated carbocycles. The number of pyridine rings is 1. The summed E-state index contributed by atoms with van der Waals surface area (Å²) in [4.78, 5) is 27.9. The number of aromatic amines is 1. The van der Waals surface area contributed by atoms with Crippen LogP contribution in [0.2, 0.25) is 5.02 Å². The lowest BCUT2D eigenvalue weighted by molar-refractivity contribution is 0.0936. The summed E-state index contributed by atoms with van der Waals surface area (Å²) in [5.41, 5.74) is 0.308. The van der Waals surface area contributed by atoms with E-state index in [0.29, 0.717) is 26.3 Å². The largest absolute Gasteiger partial charge is 0.359 e. The van der Waals surface area contributed by atoms with E-state index in [9.17, 15) is 9.59 Å². The smallest absolute Gasteiger partial charge is 0.256 e. The van der Waals surface area contributed by atoms with Crippen molar-refractivity contribution in [3.05, 3.63) is 43.6 Å². The first kappa shape index (κ1) is 18.0. The van der Waals surface area contributed by atoms with Gasteiger partial charge >= 0.3 is 0 Å². The molecular weight excluding hydrogens is 380 g/mol. The summed E-state index contributed by atoms with van der Waals surface area (Å²) in [6, 6.07) is 3.39. The Kier molecular flexibility index (Phi) is 5.87. The zero-order valence-corrected chi connectivity index (χ0v) is 15.7. The van der Waals surface area contributed by atoms with Crippen LogP contribution in [0.15, 0.2) is 27.6 Å². The molecule has 1 atom stereocenters. The van der Waals surface area contributed by atoms with Crippen LogP contribution < -0.4 is 10.7 Å². The summed E-state index contributed by atoms with van der Waals surface area (Å²) in [6.07, 6.45) is 3.33. The van der Waals surface area contributed by atoms with Crippen LogP contribution >= 0.6 is 27.5 Å². The predicted molar refractivity (Wildman–Crippen MR) is 98.3 cm³/mol. The fourth-order valence-electron chi connectivity index (χ4n) is 2.38. The normalized spacial score (nSPS) is 12.6. The number of carbonyl (C=O) groups is 1. The van der Waals surface area contributed by atoms with E-state index in [0.717, 1.165) is 12.8 Å². The first-order valence-corrected chi connectivity index (χ1v) is 8.78. The highest BCUT2D eigenvalue weighted by atomic mass is 79.9. The van der Waals surface area contributed by atoms with E-state index < -0.39 is 0 Å². The van der Waals surface area contributed by atoms with Gasteiger partial charge in [0.25, 0.3) is 5.91 Å². The SMILES string of the molecule is CC(C)CC[C@H](C)NC(=O)c1c[nH]c2c(Cl)cc(Br)cc2c1=O. The van der Waals surface area contributed by atoms with E-state index in [2.05, 4.69) is 40.1 Å².